The van der Waals surface area contributed by atoms with Gasteiger partial charge < -0.3 is 10.6 Å². The molecule has 6 heteroatoms. The number of hydrogen-bond acceptors (Lipinski definition) is 3. The van der Waals surface area contributed by atoms with Crippen molar-refractivity contribution < 1.29 is 4.79 Å². The van der Waals surface area contributed by atoms with Crippen molar-refractivity contribution in [2.75, 3.05) is 18.4 Å². The van der Waals surface area contributed by atoms with Crippen LogP contribution in [0, 0.1) is 5.41 Å². The largest absolute Gasteiger partial charge is 0.316 e. The number of aryl methyl sites for hydroxylation is 1. The first kappa shape index (κ1) is 14.0. The van der Waals surface area contributed by atoms with Crippen LogP contribution in [0.15, 0.2) is 12.3 Å². The Kier molecular flexibility index (Phi) is 4.54. The van der Waals surface area contributed by atoms with Crippen molar-refractivity contribution in [3.05, 3.63) is 12.3 Å². The second-order valence-corrected chi connectivity index (χ2v) is 4.47. The lowest BCUT2D eigenvalue weighted by atomic mass is 9.89. The van der Waals surface area contributed by atoms with E-state index in [1.807, 2.05) is 19.9 Å². The summed E-state index contributed by atoms with van der Waals surface area (Å²) in [6.45, 7) is 6.42. The number of hydrogen-bond donors (Lipinski definition) is 2. The van der Waals surface area contributed by atoms with Gasteiger partial charge in [0, 0.05) is 19.2 Å². The third-order valence-electron chi connectivity index (χ3n) is 3.17. The van der Waals surface area contributed by atoms with Gasteiger partial charge in [-0.15, -0.1) is 12.4 Å². The molecule has 1 aliphatic rings. The lowest BCUT2D eigenvalue weighted by Gasteiger charge is -2.21. The summed E-state index contributed by atoms with van der Waals surface area (Å²) in [6.07, 6.45) is 2.59. The van der Waals surface area contributed by atoms with Crippen LogP contribution in [0.4, 0.5) is 5.82 Å². The summed E-state index contributed by atoms with van der Waals surface area (Å²) in [5, 5.41) is 10.3. The molecule has 1 fully saturated rings. The van der Waals surface area contributed by atoms with E-state index in [4.69, 9.17) is 0 Å². The maximum atomic E-state index is 12.1. The zero-order valence-electron chi connectivity index (χ0n) is 10.2. The smallest absolute Gasteiger partial charge is 0.232 e. The maximum Gasteiger partial charge on any atom is 0.232 e. The van der Waals surface area contributed by atoms with Gasteiger partial charge in [-0.1, -0.05) is 0 Å². The zero-order valence-corrected chi connectivity index (χ0v) is 11.0. The Morgan fingerprint density at radius 1 is 1.71 bits per heavy atom. The quantitative estimate of drug-likeness (QED) is 0.858. The summed E-state index contributed by atoms with van der Waals surface area (Å²) >= 11 is 0. The molecule has 0 saturated carbocycles. The van der Waals surface area contributed by atoms with Crippen LogP contribution in [0.25, 0.3) is 0 Å². The highest BCUT2D eigenvalue weighted by Crippen LogP contribution is 2.26. The molecule has 0 spiro atoms. The molecule has 2 heterocycles. The molecule has 2 N–H and O–H groups in total. The highest BCUT2D eigenvalue weighted by Gasteiger charge is 2.36. The molecule has 0 aromatic carbocycles. The van der Waals surface area contributed by atoms with E-state index < -0.39 is 0 Å². The van der Waals surface area contributed by atoms with Gasteiger partial charge in [-0.3, -0.25) is 4.79 Å². The molecule has 96 valence electrons. The fourth-order valence-corrected chi connectivity index (χ4v) is 1.97. The van der Waals surface area contributed by atoms with Gasteiger partial charge in [-0.25, -0.2) is 4.68 Å². The van der Waals surface area contributed by atoms with E-state index in [0.717, 1.165) is 31.9 Å². The Morgan fingerprint density at radius 3 is 3.06 bits per heavy atom. The maximum absolute atomic E-state index is 12.1. The van der Waals surface area contributed by atoms with Crippen molar-refractivity contribution in [1.82, 2.24) is 15.1 Å². The topological polar surface area (TPSA) is 59.0 Å². The molecule has 5 nitrogen and oxygen atoms in total. The first-order chi connectivity index (χ1) is 7.65. The summed E-state index contributed by atoms with van der Waals surface area (Å²) < 4.78 is 1.78. The van der Waals surface area contributed by atoms with Gasteiger partial charge >= 0.3 is 0 Å². The normalized spacial score (nSPS) is 23.2. The third kappa shape index (κ3) is 2.79. The van der Waals surface area contributed by atoms with Crippen LogP contribution >= 0.6 is 12.4 Å². The molecule has 0 radical (unpaired) electrons. The van der Waals surface area contributed by atoms with Crippen LogP contribution in [0.2, 0.25) is 0 Å². The number of carbonyl (C=O) groups is 1. The number of rotatable bonds is 3. The van der Waals surface area contributed by atoms with Gasteiger partial charge in [-0.05, 0) is 26.8 Å². The van der Waals surface area contributed by atoms with Gasteiger partial charge in [0.2, 0.25) is 5.91 Å². The van der Waals surface area contributed by atoms with E-state index in [-0.39, 0.29) is 23.7 Å². The minimum absolute atomic E-state index is 0. The van der Waals surface area contributed by atoms with Gasteiger partial charge in [0.15, 0.2) is 0 Å². The highest BCUT2D eigenvalue weighted by molar-refractivity contribution is 5.94. The molecule has 2 rings (SSSR count). The zero-order chi connectivity index (χ0) is 11.6. The molecule has 1 aromatic heterocycles. The predicted molar refractivity (Wildman–Crippen MR) is 69.4 cm³/mol. The van der Waals surface area contributed by atoms with Crippen LogP contribution in [0.1, 0.15) is 20.3 Å². The Morgan fingerprint density at radius 2 is 2.47 bits per heavy atom. The summed E-state index contributed by atoms with van der Waals surface area (Å²) in [5.41, 5.74) is -0.289. The molecule has 0 bridgehead atoms. The van der Waals surface area contributed by atoms with Crippen molar-refractivity contribution in [3.8, 4) is 0 Å². The lowest BCUT2D eigenvalue weighted by Crippen LogP contribution is -2.35. The minimum Gasteiger partial charge on any atom is -0.316 e. The number of amides is 1. The average Bonchev–Trinajstić information content (AvgIpc) is 2.87. The Bertz CT molecular complexity index is 385. The van der Waals surface area contributed by atoms with E-state index in [1.165, 1.54) is 0 Å². The molecular formula is C11H19ClN4O. The molecule has 1 atom stereocenters. The van der Waals surface area contributed by atoms with E-state index in [9.17, 15) is 4.79 Å². The van der Waals surface area contributed by atoms with Crippen LogP contribution in [-0.2, 0) is 11.3 Å². The third-order valence-corrected chi connectivity index (χ3v) is 3.17. The highest BCUT2D eigenvalue weighted by atomic mass is 35.5. The van der Waals surface area contributed by atoms with E-state index >= 15 is 0 Å². The van der Waals surface area contributed by atoms with Gasteiger partial charge in [-0.2, -0.15) is 5.10 Å². The molecule has 1 aliphatic heterocycles. The van der Waals surface area contributed by atoms with Crippen molar-refractivity contribution in [2.24, 2.45) is 5.41 Å². The summed E-state index contributed by atoms with van der Waals surface area (Å²) in [6, 6.07) is 1.83. The second-order valence-electron chi connectivity index (χ2n) is 4.47. The Balaban J connectivity index is 0.00000144. The molecule has 17 heavy (non-hydrogen) atoms. The average molecular weight is 259 g/mol. The minimum atomic E-state index is -0.289. The van der Waals surface area contributed by atoms with Gasteiger partial charge in [0.1, 0.15) is 5.82 Å². The standard InChI is InChI=1S/C11H18N4O.ClH/c1-3-15-9(4-6-13-15)14-10(16)11(2)5-7-12-8-11;/h4,6,12H,3,5,7-8H2,1-2H3,(H,14,16);1H. The lowest BCUT2D eigenvalue weighted by molar-refractivity contribution is -0.123. The first-order valence-corrected chi connectivity index (χ1v) is 5.70. The fraction of sp³-hybridized carbons (Fsp3) is 0.636. The fourth-order valence-electron chi connectivity index (χ4n) is 1.97. The summed E-state index contributed by atoms with van der Waals surface area (Å²) in [4.78, 5) is 12.1. The van der Waals surface area contributed by atoms with Crippen molar-refractivity contribution in [1.29, 1.82) is 0 Å². The number of halogens is 1. The van der Waals surface area contributed by atoms with Crippen LogP contribution < -0.4 is 10.6 Å². The summed E-state index contributed by atoms with van der Waals surface area (Å²) in [5.74, 6) is 0.855. The number of nitrogens with one attached hydrogen (secondary N) is 2. The summed E-state index contributed by atoms with van der Waals surface area (Å²) in [7, 11) is 0. The molecule has 1 saturated heterocycles. The van der Waals surface area contributed by atoms with Gasteiger partial charge in [0.05, 0.1) is 11.6 Å². The molecule has 0 aliphatic carbocycles. The molecule has 1 unspecified atom stereocenters. The molecule has 1 aromatic rings. The van der Waals surface area contributed by atoms with Crippen LogP contribution in [0.5, 0.6) is 0 Å². The predicted octanol–water partition coefficient (Wildman–Crippen LogP) is 1.26. The van der Waals surface area contributed by atoms with Crippen molar-refractivity contribution in [2.45, 2.75) is 26.8 Å². The van der Waals surface area contributed by atoms with E-state index in [0.29, 0.717) is 0 Å². The first-order valence-electron chi connectivity index (χ1n) is 5.70. The monoisotopic (exact) mass is 258 g/mol. The Labute approximate surface area is 107 Å². The van der Waals surface area contributed by atoms with Crippen molar-refractivity contribution >= 4 is 24.1 Å². The number of nitrogens with zero attached hydrogens (tertiary/aromatic N) is 2. The van der Waals surface area contributed by atoms with E-state index in [2.05, 4.69) is 15.7 Å². The van der Waals surface area contributed by atoms with E-state index in [1.54, 1.807) is 10.9 Å². The Hall–Kier alpha value is -1.07. The molecular weight excluding hydrogens is 240 g/mol. The SMILES string of the molecule is CCn1nccc1NC(=O)C1(C)CCNC1.Cl. The molecule has 1 amide bonds. The number of aromatic nitrogens is 2. The number of anilines is 1. The van der Waals surface area contributed by atoms with Crippen LogP contribution in [0.3, 0.4) is 0 Å². The van der Waals surface area contributed by atoms with Crippen molar-refractivity contribution in [3.63, 3.8) is 0 Å². The second kappa shape index (κ2) is 5.51. The van der Waals surface area contributed by atoms with Gasteiger partial charge in [0.25, 0.3) is 0 Å². The number of carbonyl (C=O) groups excluding carboxylic acids is 1. The van der Waals surface area contributed by atoms with Crippen LogP contribution in [-0.4, -0.2) is 28.8 Å².